The van der Waals surface area contributed by atoms with Crippen molar-refractivity contribution in [1.82, 2.24) is 5.32 Å². The van der Waals surface area contributed by atoms with Crippen molar-refractivity contribution >= 4 is 33.5 Å². The number of rotatable bonds is 7. The molecule has 0 aromatic heterocycles. The summed E-state index contributed by atoms with van der Waals surface area (Å²) in [5.74, 6) is -0.244. The fourth-order valence-electron chi connectivity index (χ4n) is 2.80. The molecule has 0 spiro atoms. The van der Waals surface area contributed by atoms with E-state index in [-0.39, 0.29) is 22.0 Å². The van der Waals surface area contributed by atoms with Crippen LogP contribution < -0.4 is 10.1 Å². The fourth-order valence-corrected chi connectivity index (χ4v) is 3.75. The largest absolute Gasteiger partial charge is 0.497 e. The lowest BCUT2D eigenvalue weighted by Gasteiger charge is -2.07. The van der Waals surface area contributed by atoms with Crippen LogP contribution in [0, 0.1) is 17.0 Å². The number of nitro groups is 1. The Hall–Kier alpha value is -4.31. The molecule has 1 N–H and O–H groups in total. The van der Waals surface area contributed by atoms with Gasteiger partial charge >= 0.3 is 0 Å². The lowest BCUT2D eigenvalue weighted by atomic mass is 10.2. The molecule has 1 amide bonds. The van der Waals surface area contributed by atoms with Gasteiger partial charge in [-0.25, -0.2) is 0 Å². The van der Waals surface area contributed by atoms with Gasteiger partial charge in [0.1, 0.15) is 11.6 Å². The second-order valence-electron chi connectivity index (χ2n) is 7.13. The summed E-state index contributed by atoms with van der Waals surface area (Å²) >= 11 is 0. The molecule has 3 aromatic carbocycles. The molecule has 0 aliphatic carbocycles. The van der Waals surface area contributed by atoms with Gasteiger partial charge in [0.2, 0.25) is 0 Å². The predicted molar refractivity (Wildman–Crippen MR) is 128 cm³/mol. The van der Waals surface area contributed by atoms with Gasteiger partial charge in [0.05, 0.1) is 16.9 Å². The Balaban J connectivity index is 1.93. The first kappa shape index (κ1) is 24.3. The lowest BCUT2D eigenvalue weighted by Crippen LogP contribution is -2.30. The standard InChI is InChI=1S/C24H21N3O6S/c1-17-3-14-22(15-4-17)34(31,32)26-23(16-7-18-5-12-21(33-2)13-6-18)25-24(28)19-8-10-20(11-9-19)27(29)30/h3-16H,1-2H3,(H,25,26,28)/b16-7+. The summed E-state index contributed by atoms with van der Waals surface area (Å²) in [5.41, 5.74) is 1.52. The zero-order valence-corrected chi connectivity index (χ0v) is 19.2. The molecule has 0 heterocycles. The van der Waals surface area contributed by atoms with Gasteiger partial charge in [-0.2, -0.15) is 8.42 Å². The van der Waals surface area contributed by atoms with E-state index in [2.05, 4.69) is 9.71 Å². The number of amidine groups is 1. The van der Waals surface area contributed by atoms with Crippen molar-refractivity contribution in [1.29, 1.82) is 0 Å². The fraction of sp³-hybridized carbons (Fsp3) is 0.0833. The van der Waals surface area contributed by atoms with Crippen LogP contribution in [0.5, 0.6) is 5.75 Å². The molecule has 0 aliphatic heterocycles. The van der Waals surface area contributed by atoms with Gasteiger partial charge in [0.15, 0.2) is 0 Å². The SMILES string of the molecule is COc1ccc(/C=C/C(=N\S(=O)(=O)c2ccc(C)cc2)NC(=O)c2ccc([N+](=O)[O-])cc2)cc1. The molecule has 34 heavy (non-hydrogen) atoms. The zero-order valence-electron chi connectivity index (χ0n) is 18.3. The van der Waals surface area contributed by atoms with Gasteiger partial charge in [-0.3, -0.25) is 14.9 Å². The molecule has 0 radical (unpaired) electrons. The van der Waals surface area contributed by atoms with Gasteiger partial charge in [0.25, 0.3) is 21.6 Å². The first-order chi connectivity index (χ1) is 16.2. The number of aryl methyl sites for hydroxylation is 1. The van der Waals surface area contributed by atoms with Crippen molar-refractivity contribution in [2.45, 2.75) is 11.8 Å². The highest BCUT2D eigenvalue weighted by Gasteiger charge is 2.16. The van der Waals surface area contributed by atoms with Crippen molar-refractivity contribution in [3.63, 3.8) is 0 Å². The van der Waals surface area contributed by atoms with E-state index in [4.69, 9.17) is 4.74 Å². The molecule has 0 fully saturated rings. The summed E-state index contributed by atoms with van der Waals surface area (Å²) in [6.07, 6.45) is 2.94. The maximum absolute atomic E-state index is 12.8. The molecule has 3 rings (SSSR count). The molecule has 0 atom stereocenters. The summed E-state index contributed by atoms with van der Waals surface area (Å²) < 4.78 is 34.6. The third-order valence-corrected chi connectivity index (χ3v) is 5.97. The molecule has 0 saturated heterocycles. The molecule has 0 aliphatic rings. The van der Waals surface area contributed by atoms with Crippen LogP contribution in [-0.4, -0.2) is 32.2 Å². The van der Waals surface area contributed by atoms with E-state index in [1.165, 1.54) is 42.5 Å². The van der Waals surface area contributed by atoms with Gasteiger partial charge in [0, 0.05) is 17.7 Å². The smallest absolute Gasteiger partial charge is 0.284 e. The van der Waals surface area contributed by atoms with E-state index in [0.717, 1.165) is 5.56 Å². The van der Waals surface area contributed by atoms with E-state index in [0.29, 0.717) is 11.3 Å². The second-order valence-corrected chi connectivity index (χ2v) is 8.73. The number of non-ortho nitro benzene ring substituents is 1. The molecular formula is C24H21N3O6S. The first-order valence-corrected chi connectivity index (χ1v) is 11.4. The Morgan fingerprint density at radius 1 is 1.00 bits per heavy atom. The van der Waals surface area contributed by atoms with Gasteiger partial charge < -0.3 is 10.1 Å². The number of nitrogens with zero attached hydrogens (tertiary/aromatic N) is 2. The molecular weight excluding hydrogens is 458 g/mol. The van der Waals surface area contributed by atoms with Crippen LogP contribution in [0.25, 0.3) is 6.08 Å². The monoisotopic (exact) mass is 479 g/mol. The predicted octanol–water partition coefficient (Wildman–Crippen LogP) is 4.14. The number of sulfonamides is 1. The highest BCUT2D eigenvalue weighted by atomic mass is 32.2. The average molecular weight is 480 g/mol. The molecule has 3 aromatic rings. The number of nitrogens with one attached hydrogen (secondary N) is 1. The van der Waals surface area contributed by atoms with Crippen molar-refractivity contribution in [2.75, 3.05) is 7.11 Å². The molecule has 9 nitrogen and oxygen atoms in total. The second kappa shape index (κ2) is 10.5. The van der Waals surface area contributed by atoms with Crippen LogP contribution in [0.4, 0.5) is 5.69 Å². The van der Waals surface area contributed by atoms with Gasteiger partial charge in [-0.05, 0) is 55.0 Å². The van der Waals surface area contributed by atoms with Crippen LogP contribution in [-0.2, 0) is 10.0 Å². The summed E-state index contributed by atoms with van der Waals surface area (Å²) in [7, 11) is -2.58. The lowest BCUT2D eigenvalue weighted by molar-refractivity contribution is -0.384. The third kappa shape index (κ3) is 6.36. The first-order valence-electron chi connectivity index (χ1n) is 9.97. The van der Waals surface area contributed by atoms with E-state index < -0.39 is 20.9 Å². The average Bonchev–Trinajstić information content (AvgIpc) is 2.83. The summed E-state index contributed by atoms with van der Waals surface area (Å²) in [5, 5.41) is 13.3. The topological polar surface area (TPSA) is 128 Å². The van der Waals surface area contributed by atoms with Crippen molar-refractivity contribution in [3.8, 4) is 5.75 Å². The number of hydrogen-bond acceptors (Lipinski definition) is 6. The van der Waals surface area contributed by atoms with E-state index in [9.17, 15) is 23.3 Å². The summed E-state index contributed by atoms with van der Waals surface area (Å²) in [6.45, 7) is 1.83. The Kier molecular flexibility index (Phi) is 7.54. The Morgan fingerprint density at radius 3 is 2.18 bits per heavy atom. The quantitative estimate of drug-likeness (QED) is 0.235. The molecule has 174 valence electrons. The number of amides is 1. The number of carbonyl (C=O) groups excluding carboxylic acids is 1. The summed E-state index contributed by atoms with van der Waals surface area (Å²) in [4.78, 5) is 22.9. The van der Waals surface area contributed by atoms with E-state index in [1.54, 1.807) is 49.6 Å². The van der Waals surface area contributed by atoms with E-state index in [1.807, 2.05) is 6.92 Å². The van der Waals surface area contributed by atoms with Crippen LogP contribution in [0.2, 0.25) is 0 Å². The normalized spacial score (nSPS) is 11.9. The van der Waals surface area contributed by atoms with Crippen molar-refractivity contribution < 1.29 is 22.9 Å². The number of benzene rings is 3. The minimum Gasteiger partial charge on any atom is -0.497 e. The number of ether oxygens (including phenoxy) is 1. The van der Waals surface area contributed by atoms with Crippen molar-refractivity contribution in [2.24, 2.45) is 4.40 Å². The number of hydrogen-bond donors (Lipinski definition) is 1. The highest BCUT2D eigenvalue weighted by Crippen LogP contribution is 2.16. The van der Waals surface area contributed by atoms with Gasteiger partial charge in [-0.1, -0.05) is 35.9 Å². The highest BCUT2D eigenvalue weighted by molar-refractivity contribution is 7.90. The number of methoxy groups -OCH3 is 1. The number of nitro benzene ring substituents is 1. The minimum absolute atomic E-state index is 0.0296. The van der Waals surface area contributed by atoms with E-state index >= 15 is 0 Å². The van der Waals surface area contributed by atoms with Crippen LogP contribution >= 0.6 is 0 Å². The Bertz CT molecular complexity index is 1350. The summed E-state index contributed by atoms with van der Waals surface area (Å²) in [6, 6.07) is 18.0. The maximum atomic E-state index is 12.8. The molecule has 0 saturated carbocycles. The van der Waals surface area contributed by atoms with Crippen molar-refractivity contribution in [3.05, 3.63) is 106 Å². The van der Waals surface area contributed by atoms with Crippen LogP contribution in [0.15, 0.2) is 88.2 Å². The van der Waals surface area contributed by atoms with Crippen LogP contribution in [0.3, 0.4) is 0 Å². The minimum atomic E-state index is -4.12. The molecule has 0 unspecified atom stereocenters. The molecule has 10 heteroatoms. The Labute approximate surface area is 196 Å². The van der Waals surface area contributed by atoms with Crippen LogP contribution in [0.1, 0.15) is 21.5 Å². The number of carbonyl (C=O) groups is 1. The van der Waals surface area contributed by atoms with Gasteiger partial charge in [-0.15, -0.1) is 4.40 Å². The zero-order chi connectivity index (χ0) is 24.7. The Morgan fingerprint density at radius 2 is 1.62 bits per heavy atom. The third-order valence-electron chi connectivity index (χ3n) is 4.67. The molecule has 0 bridgehead atoms. The maximum Gasteiger partial charge on any atom is 0.284 e.